The van der Waals surface area contributed by atoms with Crippen LogP contribution >= 0.6 is 36.2 Å². The third-order valence-electron chi connectivity index (χ3n) is 5.95. The lowest BCUT2D eigenvalue weighted by molar-refractivity contribution is -0.127. The maximum Gasteiger partial charge on any atom is 0.223 e. The number of fused-ring (bicyclic) bond motifs is 2. The highest BCUT2D eigenvalue weighted by Crippen LogP contribution is 2.41. The third-order valence-corrected chi connectivity index (χ3v) is 6.86. The lowest BCUT2D eigenvalue weighted by Crippen LogP contribution is -2.49. The van der Waals surface area contributed by atoms with Gasteiger partial charge >= 0.3 is 0 Å². The third kappa shape index (κ3) is 5.23. The van der Waals surface area contributed by atoms with Crippen LogP contribution in [0.1, 0.15) is 37.1 Å². The molecule has 0 aliphatic heterocycles. The quantitative estimate of drug-likeness (QED) is 0.736. The monoisotopic (exact) mass is 442 g/mol. The molecule has 2 aromatic heterocycles. The minimum atomic E-state index is 0. The van der Waals surface area contributed by atoms with Gasteiger partial charge in [-0.3, -0.25) is 9.78 Å². The van der Waals surface area contributed by atoms with Crippen LogP contribution < -0.4 is 11.1 Å². The summed E-state index contributed by atoms with van der Waals surface area (Å²) in [5.74, 6) is 1.44. The van der Waals surface area contributed by atoms with Crippen molar-refractivity contribution in [3.8, 4) is 11.3 Å². The summed E-state index contributed by atoms with van der Waals surface area (Å²) in [6.45, 7) is 0.653. The SMILES string of the molecule is Cl.Cl.NC1C2CCCC1CC(C(=O)NCCc1nc(-c3ccncc3)cs1)C2. The van der Waals surface area contributed by atoms with Crippen LogP contribution in [0.4, 0.5) is 0 Å². The van der Waals surface area contributed by atoms with Gasteiger partial charge in [0, 0.05) is 48.3 Å². The van der Waals surface area contributed by atoms with E-state index >= 15 is 0 Å². The molecule has 2 unspecified atom stereocenters. The molecule has 2 heterocycles. The number of hydrogen-bond acceptors (Lipinski definition) is 5. The number of hydrogen-bond donors (Lipinski definition) is 2. The van der Waals surface area contributed by atoms with E-state index in [9.17, 15) is 4.79 Å². The van der Waals surface area contributed by atoms with Gasteiger partial charge in [-0.05, 0) is 49.7 Å². The average molecular weight is 443 g/mol. The van der Waals surface area contributed by atoms with E-state index in [0.717, 1.165) is 35.5 Å². The minimum Gasteiger partial charge on any atom is -0.355 e. The first-order valence-corrected chi connectivity index (χ1v) is 10.5. The molecule has 0 saturated heterocycles. The van der Waals surface area contributed by atoms with Crippen LogP contribution in [0, 0.1) is 17.8 Å². The number of thiazole rings is 1. The van der Waals surface area contributed by atoms with E-state index in [1.807, 2.05) is 12.1 Å². The lowest BCUT2D eigenvalue weighted by atomic mass is 9.65. The van der Waals surface area contributed by atoms with E-state index in [4.69, 9.17) is 5.73 Å². The van der Waals surface area contributed by atoms with Gasteiger partial charge in [0.1, 0.15) is 0 Å². The van der Waals surface area contributed by atoms with Crippen molar-refractivity contribution in [3.05, 3.63) is 34.9 Å². The van der Waals surface area contributed by atoms with Crippen molar-refractivity contribution in [2.75, 3.05) is 6.54 Å². The predicted octanol–water partition coefficient (Wildman–Crippen LogP) is 3.86. The molecule has 2 fully saturated rings. The second-order valence-corrected chi connectivity index (χ2v) is 8.54. The first-order valence-electron chi connectivity index (χ1n) is 9.59. The summed E-state index contributed by atoms with van der Waals surface area (Å²) in [6, 6.07) is 4.24. The fraction of sp³-hybridized carbons (Fsp3) is 0.550. The molecule has 2 aliphatic carbocycles. The smallest absolute Gasteiger partial charge is 0.223 e. The molecule has 154 valence electrons. The van der Waals surface area contributed by atoms with Gasteiger partial charge in [-0.15, -0.1) is 36.2 Å². The molecular weight excluding hydrogens is 415 g/mol. The molecular formula is C20H28Cl2N4OS. The highest BCUT2D eigenvalue weighted by atomic mass is 35.5. The second kappa shape index (κ2) is 10.5. The van der Waals surface area contributed by atoms with Crippen molar-refractivity contribution in [2.45, 2.75) is 44.6 Å². The average Bonchev–Trinajstić information content (AvgIpc) is 3.11. The molecule has 1 amide bonds. The number of halogens is 2. The van der Waals surface area contributed by atoms with Gasteiger partial charge in [0.2, 0.25) is 5.91 Å². The fourth-order valence-electron chi connectivity index (χ4n) is 4.52. The zero-order valence-electron chi connectivity index (χ0n) is 15.8. The van der Waals surface area contributed by atoms with Gasteiger partial charge in [0.25, 0.3) is 0 Å². The largest absolute Gasteiger partial charge is 0.355 e. The first kappa shape index (κ1) is 23.1. The van der Waals surface area contributed by atoms with E-state index in [-0.39, 0.29) is 36.6 Å². The molecule has 0 spiro atoms. The molecule has 2 aliphatic rings. The van der Waals surface area contributed by atoms with Crippen molar-refractivity contribution < 1.29 is 4.79 Å². The zero-order valence-corrected chi connectivity index (χ0v) is 18.2. The van der Waals surface area contributed by atoms with E-state index in [0.29, 0.717) is 24.4 Å². The number of nitrogens with zero attached hydrogens (tertiary/aromatic N) is 2. The molecule has 0 radical (unpaired) electrons. The van der Waals surface area contributed by atoms with Crippen LogP contribution in [0.2, 0.25) is 0 Å². The van der Waals surface area contributed by atoms with E-state index < -0.39 is 0 Å². The van der Waals surface area contributed by atoms with Gasteiger partial charge in [0.15, 0.2) is 0 Å². The first-order chi connectivity index (χ1) is 12.7. The summed E-state index contributed by atoms with van der Waals surface area (Å²) in [6.07, 6.45) is 9.93. The fourth-order valence-corrected chi connectivity index (χ4v) is 5.33. The zero-order chi connectivity index (χ0) is 17.9. The summed E-state index contributed by atoms with van der Waals surface area (Å²) in [5.41, 5.74) is 8.39. The molecule has 2 bridgehead atoms. The molecule has 4 rings (SSSR count). The normalized spacial score (nSPS) is 25.9. The van der Waals surface area contributed by atoms with Crippen molar-refractivity contribution in [3.63, 3.8) is 0 Å². The molecule has 2 atom stereocenters. The highest BCUT2D eigenvalue weighted by Gasteiger charge is 2.40. The Balaban J connectivity index is 0.00000140. The standard InChI is InChI=1S/C20H26N4OS.2ClH/c21-19-14-2-1-3-15(19)11-16(10-14)20(25)23-9-6-18-24-17(12-26-18)13-4-7-22-8-5-13;;/h4-5,7-8,12,14-16,19H,1-3,6,9-11,21H2,(H,23,25);2*1H. The van der Waals surface area contributed by atoms with Crippen LogP contribution in [0.3, 0.4) is 0 Å². The van der Waals surface area contributed by atoms with Crippen LogP contribution in [0.5, 0.6) is 0 Å². The lowest BCUT2D eigenvalue weighted by Gasteiger charge is -2.43. The molecule has 5 nitrogen and oxygen atoms in total. The summed E-state index contributed by atoms with van der Waals surface area (Å²) in [4.78, 5) is 21.3. The highest BCUT2D eigenvalue weighted by molar-refractivity contribution is 7.09. The molecule has 0 aromatic carbocycles. The van der Waals surface area contributed by atoms with Crippen LogP contribution in [0.25, 0.3) is 11.3 Å². The van der Waals surface area contributed by atoms with Crippen LogP contribution in [-0.2, 0) is 11.2 Å². The Kier molecular flexibility index (Phi) is 8.68. The number of nitrogens with two attached hydrogens (primary N) is 1. The number of carbonyl (C=O) groups is 1. The number of aromatic nitrogens is 2. The Labute approximate surface area is 182 Å². The Morgan fingerprint density at radius 1 is 1.18 bits per heavy atom. The molecule has 2 saturated carbocycles. The van der Waals surface area contributed by atoms with Crippen molar-refractivity contribution in [1.82, 2.24) is 15.3 Å². The second-order valence-electron chi connectivity index (χ2n) is 7.60. The molecule has 3 N–H and O–H groups in total. The van der Waals surface area contributed by atoms with Crippen LogP contribution in [-0.4, -0.2) is 28.5 Å². The van der Waals surface area contributed by atoms with Gasteiger partial charge < -0.3 is 11.1 Å². The Morgan fingerprint density at radius 3 is 2.54 bits per heavy atom. The van der Waals surface area contributed by atoms with Crippen molar-refractivity contribution in [2.24, 2.45) is 23.5 Å². The van der Waals surface area contributed by atoms with Gasteiger partial charge in [0.05, 0.1) is 10.7 Å². The van der Waals surface area contributed by atoms with Crippen molar-refractivity contribution >= 4 is 42.1 Å². The van der Waals surface area contributed by atoms with Gasteiger partial charge in [-0.2, -0.15) is 0 Å². The predicted molar refractivity (Wildman–Crippen MR) is 118 cm³/mol. The Bertz CT molecular complexity index is 744. The number of nitrogens with one attached hydrogen (secondary N) is 1. The topological polar surface area (TPSA) is 80.9 Å². The minimum absolute atomic E-state index is 0. The van der Waals surface area contributed by atoms with E-state index in [2.05, 4.69) is 20.7 Å². The van der Waals surface area contributed by atoms with Gasteiger partial charge in [-0.1, -0.05) is 6.42 Å². The van der Waals surface area contributed by atoms with Gasteiger partial charge in [-0.25, -0.2) is 4.98 Å². The maximum absolute atomic E-state index is 12.6. The number of pyridine rings is 1. The van der Waals surface area contributed by atoms with E-state index in [1.54, 1.807) is 23.7 Å². The van der Waals surface area contributed by atoms with Crippen LogP contribution in [0.15, 0.2) is 29.9 Å². The maximum atomic E-state index is 12.6. The molecule has 2 aromatic rings. The molecule has 28 heavy (non-hydrogen) atoms. The van der Waals surface area contributed by atoms with Crippen molar-refractivity contribution in [1.29, 1.82) is 0 Å². The Morgan fingerprint density at radius 2 is 1.86 bits per heavy atom. The number of rotatable bonds is 5. The molecule has 8 heteroatoms. The summed E-state index contributed by atoms with van der Waals surface area (Å²) < 4.78 is 0. The summed E-state index contributed by atoms with van der Waals surface area (Å²) in [7, 11) is 0. The number of carbonyl (C=O) groups excluding carboxylic acids is 1. The number of amides is 1. The summed E-state index contributed by atoms with van der Waals surface area (Å²) in [5, 5.41) is 6.25. The summed E-state index contributed by atoms with van der Waals surface area (Å²) >= 11 is 1.65. The van der Waals surface area contributed by atoms with E-state index in [1.165, 1.54) is 19.3 Å². The Hall–Kier alpha value is -1.21.